The number of hydrogen-bond donors (Lipinski definition) is 0. The molecule has 3 heterocycles. The van der Waals surface area contributed by atoms with Crippen LogP contribution in [-0.4, -0.2) is 48.3 Å². The van der Waals surface area contributed by atoms with Gasteiger partial charge in [0.15, 0.2) is 5.16 Å². The number of thioether (sulfide) groups is 1. The summed E-state index contributed by atoms with van der Waals surface area (Å²) >= 11 is 1.40. The lowest BCUT2D eigenvalue weighted by molar-refractivity contribution is -0.129. The van der Waals surface area contributed by atoms with Crippen molar-refractivity contribution in [1.82, 2.24) is 24.1 Å². The van der Waals surface area contributed by atoms with Gasteiger partial charge in [0.25, 0.3) is 5.56 Å². The predicted octanol–water partition coefficient (Wildman–Crippen LogP) is 2.56. The van der Waals surface area contributed by atoms with E-state index >= 15 is 0 Å². The Kier molecular flexibility index (Phi) is 4.90. The van der Waals surface area contributed by atoms with Gasteiger partial charge in [0, 0.05) is 19.6 Å². The molecule has 0 saturated carbocycles. The first-order chi connectivity index (χ1) is 13.1. The fraction of sp³-hybridized carbons (Fsp3) is 0.474. The third-order valence-electron chi connectivity index (χ3n) is 4.97. The van der Waals surface area contributed by atoms with Gasteiger partial charge in [-0.3, -0.25) is 18.6 Å². The van der Waals surface area contributed by atoms with Gasteiger partial charge >= 0.3 is 0 Å². The van der Waals surface area contributed by atoms with Crippen molar-refractivity contribution in [1.29, 1.82) is 0 Å². The highest BCUT2D eigenvalue weighted by Crippen LogP contribution is 2.27. The average Bonchev–Trinajstić information content (AvgIpc) is 3.35. The SMILES string of the molecule is CCCn1c(=O)c2ccccc2n2c(S[C@H](C)C(=O)N3CCCC3)nnc12. The molecular weight excluding hydrogens is 362 g/mol. The molecular formula is C19H23N5O2S. The first-order valence-electron chi connectivity index (χ1n) is 9.44. The first-order valence-corrected chi connectivity index (χ1v) is 10.3. The lowest BCUT2D eigenvalue weighted by Crippen LogP contribution is -2.34. The number of aromatic nitrogens is 4. The zero-order valence-corrected chi connectivity index (χ0v) is 16.4. The molecule has 3 aromatic rings. The Hall–Kier alpha value is -2.35. The molecule has 1 saturated heterocycles. The number of hydrogen-bond acceptors (Lipinski definition) is 5. The van der Waals surface area contributed by atoms with E-state index in [0.29, 0.717) is 22.9 Å². The number of carbonyl (C=O) groups excluding carboxylic acids is 1. The molecule has 8 heteroatoms. The van der Waals surface area contributed by atoms with Crippen molar-refractivity contribution in [3.05, 3.63) is 34.6 Å². The van der Waals surface area contributed by atoms with Crippen LogP contribution in [0, 0.1) is 0 Å². The number of amides is 1. The summed E-state index contributed by atoms with van der Waals surface area (Å²) in [6, 6.07) is 7.50. The van der Waals surface area contributed by atoms with E-state index < -0.39 is 0 Å². The van der Waals surface area contributed by atoms with Crippen LogP contribution in [-0.2, 0) is 11.3 Å². The number of aryl methyl sites for hydroxylation is 1. The molecule has 0 spiro atoms. The van der Waals surface area contributed by atoms with Crippen molar-refractivity contribution in [3.8, 4) is 0 Å². The van der Waals surface area contributed by atoms with Crippen LogP contribution in [0.1, 0.15) is 33.1 Å². The molecule has 1 aromatic carbocycles. The van der Waals surface area contributed by atoms with E-state index in [1.54, 1.807) is 4.57 Å². The molecule has 1 aliphatic rings. The zero-order chi connectivity index (χ0) is 19.0. The topological polar surface area (TPSA) is 72.5 Å². The van der Waals surface area contributed by atoms with Crippen molar-refractivity contribution < 1.29 is 4.79 Å². The van der Waals surface area contributed by atoms with E-state index in [-0.39, 0.29) is 16.7 Å². The standard InChI is InChI=1S/C19H23N5O2S/c1-3-10-23-17(26)14-8-4-5-9-15(14)24-18(23)20-21-19(24)27-13(2)16(25)22-11-6-7-12-22/h4-5,8-9,13H,3,6-7,10-12H2,1-2H3/t13-/m1/s1. The molecule has 4 rings (SSSR count). The van der Waals surface area contributed by atoms with Gasteiger partial charge in [-0.1, -0.05) is 30.8 Å². The van der Waals surface area contributed by atoms with Gasteiger partial charge in [0.05, 0.1) is 16.2 Å². The molecule has 0 bridgehead atoms. The van der Waals surface area contributed by atoms with Crippen LogP contribution >= 0.6 is 11.8 Å². The van der Waals surface area contributed by atoms with Crippen LogP contribution in [0.5, 0.6) is 0 Å². The number of carbonyl (C=O) groups is 1. The first kappa shape index (κ1) is 18.0. The van der Waals surface area contributed by atoms with Crippen LogP contribution < -0.4 is 5.56 Å². The summed E-state index contributed by atoms with van der Waals surface area (Å²) in [4.78, 5) is 27.5. The van der Waals surface area contributed by atoms with E-state index in [0.717, 1.165) is 37.9 Å². The highest BCUT2D eigenvalue weighted by Gasteiger charge is 2.26. The Labute approximate surface area is 161 Å². The van der Waals surface area contributed by atoms with Crippen LogP contribution in [0.25, 0.3) is 16.7 Å². The molecule has 27 heavy (non-hydrogen) atoms. The van der Waals surface area contributed by atoms with Gasteiger partial charge in [-0.05, 0) is 38.3 Å². The third kappa shape index (κ3) is 3.12. The van der Waals surface area contributed by atoms with E-state index in [9.17, 15) is 9.59 Å². The van der Waals surface area contributed by atoms with Crippen molar-refractivity contribution in [2.24, 2.45) is 0 Å². The van der Waals surface area contributed by atoms with Gasteiger partial charge in [0.2, 0.25) is 11.7 Å². The Bertz CT molecular complexity index is 1050. The van der Waals surface area contributed by atoms with Gasteiger partial charge in [-0.15, -0.1) is 10.2 Å². The van der Waals surface area contributed by atoms with Crippen LogP contribution in [0.4, 0.5) is 0 Å². The molecule has 1 amide bonds. The van der Waals surface area contributed by atoms with E-state index in [4.69, 9.17) is 0 Å². The lowest BCUT2D eigenvalue weighted by Gasteiger charge is -2.19. The zero-order valence-electron chi connectivity index (χ0n) is 15.6. The Morgan fingerprint density at radius 3 is 2.70 bits per heavy atom. The van der Waals surface area contributed by atoms with Crippen molar-refractivity contribution >= 4 is 34.3 Å². The number of fused-ring (bicyclic) bond motifs is 3. The fourth-order valence-corrected chi connectivity index (χ4v) is 4.58. The Balaban J connectivity index is 1.80. The molecule has 1 atom stereocenters. The molecule has 7 nitrogen and oxygen atoms in total. The fourth-order valence-electron chi connectivity index (χ4n) is 3.64. The van der Waals surface area contributed by atoms with Crippen LogP contribution in [0.3, 0.4) is 0 Å². The molecule has 0 aliphatic carbocycles. The quantitative estimate of drug-likeness (QED) is 0.631. The van der Waals surface area contributed by atoms with Crippen molar-refractivity contribution in [3.63, 3.8) is 0 Å². The average molecular weight is 385 g/mol. The Morgan fingerprint density at radius 2 is 1.96 bits per heavy atom. The summed E-state index contributed by atoms with van der Waals surface area (Å²) in [7, 11) is 0. The largest absolute Gasteiger partial charge is 0.342 e. The van der Waals surface area contributed by atoms with Gasteiger partial charge < -0.3 is 4.90 Å². The number of benzene rings is 1. The minimum absolute atomic E-state index is 0.0508. The van der Waals surface area contributed by atoms with Gasteiger partial charge in [-0.2, -0.15) is 0 Å². The summed E-state index contributed by atoms with van der Waals surface area (Å²) < 4.78 is 3.58. The van der Waals surface area contributed by atoms with Crippen molar-refractivity contribution in [2.75, 3.05) is 13.1 Å². The maximum absolute atomic E-state index is 12.9. The summed E-state index contributed by atoms with van der Waals surface area (Å²) in [6.07, 6.45) is 2.98. The van der Waals surface area contributed by atoms with Crippen LogP contribution in [0.15, 0.2) is 34.2 Å². The maximum atomic E-state index is 12.9. The Morgan fingerprint density at radius 1 is 1.22 bits per heavy atom. The maximum Gasteiger partial charge on any atom is 0.262 e. The molecule has 1 aliphatic heterocycles. The van der Waals surface area contributed by atoms with E-state index in [2.05, 4.69) is 10.2 Å². The van der Waals surface area contributed by atoms with Gasteiger partial charge in [0.1, 0.15) is 0 Å². The minimum atomic E-state index is -0.249. The van der Waals surface area contributed by atoms with Gasteiger partial charge in [-0.25, -0.2) is 0 Å². The van der Waals surface area contributed by atoms with E-state index in [1.165, 1.54) is 11.8 Å². The smallest absolute Gasteiger partial charge is 0.262 e. The molecule has 0 N–H and O–H groups in total. The molecule has 0 radical (unpaired) electrons. The molecule has 0 unspecified atom stereocenters. The number of para-hydroxylation sites is 1. The second-order valence-electron chi connectivity index (χ2n) is 6.88. The number of rotatable bonds is 5. The van der Waals surface area contributed by atoms with E-state index in [1.807, 2.05) is 47.4 Å². The number of nitrogens with zero attached hydrogens (tertiary/aromatic N) is 5. The summed E-state index contributed by atoms with van der Waals surface area (Å²) in [5.74, 6) is 0.671. The molecule has 2 aromatic heterocycles. The minimum Gasteiger partial charge on any atom is -0.342 e. The lowest BCUT2D eigenvalue weighted by atomic mass is 10.2. The predicted molar refractivity (Wildman–Crippen MR) is 106 cm³/mol. The van der Waals surface area contributed by atoms with Crippen molar-refractivity contribution in [2.45, 2.75) is 50.1 Å². The third-order valence-corrected chi connectivity index (χ3v) is 6.00. The van der Waals surface area contributed by atoms with Crippen LogP contribution in [0.2, 0.25) is 0 Å². The number of likely N-dealkylation sites (tertiary alicyclic amines) is 1. The second kappa shape index (κ2) is 7.34. The summed E-state index contributed by atoms with van der Waals surface area (Å²) in [5.41, 5.74) is 0.725. The second-order valence-corrected chi connectivity index (χ2v) is 8.19. The highest BCUT2D eigenvalue weighted by atomic mass is 32.2. The monoisotopic (exact) mass is 385 g/mol. The highest BCUT2D eigenvalue weighted by molar-refractivity contribution is 8.00. The molecule has 142 valence electrons. The normalized spacial score (nSPS) is 15.7. The summed E-state index contributed by atoms with van der Waals surface area (Å²) in [5, 5.41) is 9.65. The summed E-state index contributed by atoms with van der Waals surface area (Å²) in [6.45, 7) is 6.20. The molecule has 1 fully saturated rings.